The number of halogens is 9. The van der Waals surface area contributed by atoms with Gasteiger partial charge in [0.15, 0.2) is 6.19 Å². The molecule has 2 heterocycles. The van der Waals surface area contributed by atoms with Crippen molar-refractivity contribution >= 4 is 11.8 Å². The van der Waals surface area contributed by atoms with E-state index in [-0.39, 0.29) is 24.6 Å². The van der Waals surface area contributed by atoms with Crippen LogP contribution < -0.4 is 4.90 Å². The van der Waals surface area contributed by atoms with Crippen molar-refractivity contribution in [2.75, 3.05) is 4.90 Å². The number of carbonyl (C=O) groups excluding carboxylic acids is 1. The first-order valence-corrected chi connectivity index (χ1v) is 11.9. The lowest BCUT2D eigenvalue weighted by Crippen LogP contribution is -2.48. The molecule has 15 heteroatoms. The van der Waals surface area contributed by atoms with Crippen LogP contribution in [0.1, 0.15) is 67.7 Å². The molecule has 1 aliphatic heterocycles. The number of anilines is 1. The van der Waals surface area contributed by atoms with E-state index in [0.717, 1.165) is 15.9 Å². The Balaban J connectivity index is 2.15. The second kappa shape index (κ2) is 11.1. The van der Waals surface area contributed by atoms with Crippen molar-refractivity contribution in [3.8, 4) is 6.19 Å². The van der Waals surface area contributed by atoms with Crippen LogP contribution in [0.4, 0.5) is 50.0 Å². The first-order valence-electron chi connectivity index (χ1n) is 11.9. The summed E-state index contributed by atoms with van der Waals surface area (Å²) in [6.07, 6.45) is -15.0. The first kappa shape index (κ1) is 30.8. The largest absolute Gasteiger partial charge is 0.446 e. The lowest BCUT2D eigenvalue weighted by Gasteiger charge is -2.42. The predicted molar refractivity (Wildman–Crippen MR) is 122 cm³/mol. The van der Waals surface area contributed by atoms with Gasteiger partial charge in [-0.25, -0.2) is 9.78 Å². The van der Waals surface area contributed by atoms with Crippen molar-refractivity contribution < 1.29 is 49.0 Å². The van der Waals surface area contributed by atoms with Crippen LogP contribution in [0.25, 0.3) is 0 Å². The fraction of sp³-hybridized carbons (Fsp3) is 0.480. The quantitative estimate of drug-likeness (QED) is 0.205. The van der Waals surface area contributed by atoms with Gasteiger partial charge in [-0.1, -0.05) is 6.92 Å². The van der Waals surface area contributed by atoms with Crippen LogP contribution in [0.15, 0.2) is 30.3 Å². The summed E-state index contributed by atoms with van der Waals surface area (Å²) in [4.78, 5) is 18.4. The summed E-state index contributed by atoms with van der Waals surface area (Å²) >= 11 is 0. The average Bonchev–Trinajstić information content (AvgIpc) is 2.83. The maximum atomic E-state index is 13.5. The number of nitriles is 1. The summed E-state index contributed by atoms with van der Waals surface area (Å²) in [5.41, 5.74) is -5.64. The molecule has 0 spiro atoms. The van der Waals surface area contributed by atoms with Crippen LogP contribution in [0.2, 0.25) is 0 Å². The van der Waals surface area contributed by atoms with Crippen molar-refractivity contribution in [1.82, 2.24) is 9.88 Å². The summed E-state index contributed by atoms with van der Waals surface area (Å²) in [7, 11) is 0. The van der Waals surface area contributed by atoms with Gasteiger partial charge in [-0.2, -0.15) is 44.8 Å². The van der Waals surface area contributed by atoms with E-state index in [1.54, 1.807) is 27.0 Å². The van der Waals surface area contributed by atoms with Crippen molar-refractivity contribution in [1.29, 1.82) is 5.26 Å². The Bertz CT molecular complexity index is 1250. The van der Waals surface area contributed by atoms with Gasteiger partial charge in [0, 0.05) is 6.04 Å². The number of hydrogen-bond acceptors (Lipinski definition) is 5. The van der Waals surface area contributed by atoms with E-state index in [1.165, 1.54) is 0 Å². The minimum Gasteiger partial charge on any atom is -0.446 e. The van der Waals surface area contributed by atoms with E-state index in [2.05, 4.69) is 4.98 Å². The van der Waals surface area contributed by atoms with E-state index in [0.29, 0.717) is 18.2 Å². The number of pyridine rings is 1. The Morgan fingerprint density at radius 2 is 1.62 bits per heavy atom. The molecule has 1 aromatic carbocycles. The molecule has 3 rings (SSSR count). The number of nitrogens with zero attached hydrogens (tertiary/aromatic N) is 4. The van der Waals surface area contributed by atoms with Gasteiger partial charge in [-0.15, -0.1) is 0 Å². The number of ether oxygens (including phenoxy) is 1. The molecule has 0 N–H and O–H groups in total. The fourth-order valence-corrected chi connectivity index (χ4v) is 4.40. The number of fused-ring (bicyclic) bond motifs is 1. The first-order chi connectivity index (χ1) is 18.4. The smallest absolute Gasteiger partial charge is 0.433 e. The average molecular weight is 582 g/mol. The van der Waals surface area contributed by atoms with Gasteiger partial charge in [0.2, 0.25) is 0 Å². The van der Waals surface area contributed by atoms with Crippen LogP contribution in [-0.4, -0.2) is 28.1 Å². The molecular weight excluding hydrogens is 559 g/mol. The van der Waals surface area contributed by atoms with Crippen molar-refractivity contribution in [3.05, 3.63) is 58.4 Å². The Morgan fingerprint density at radius 3 is 2.08 bits per heavy atom. The summed E-state index contributed by atoms with van der Waals surface area (Å²) in [6, 6.07) is 0.341. The highest BCUT2D eigenvalue weighted by atomic mass is 19.4. The molecule has 2 atom stereocenters. The van der Waals surface area contributed by atoms with Gasteiger partial charge in [0.1, 0.15) is 5.69 Å². The van der Waals surface area contributed by atoms with Gasteiger partial charge in [0.05, 0.1) is 41.2 Å². The molecule has 218 valence electrons. The van der Waals surface area contributed by atoms with Crippen LogP contribution in [0, 0.1) is 11.5 Å². The van der Waals surface area contributed by atoms with Gasteiger partial charge >= 0.3 is 24.6 Å². The van der Waals surface area contributed by atoms with Gasteiger partial charge in [-0.05, 0) is 62.6 Å². The number of amides is 1. The summed E-state index contributed by atoms with van der Waals surface area (Å²) < 4.78 is 126. The second-order valence-corrected chi connectivity index (χ2v) is 9.36. The lowest BCUT2D eigenvalue weighted by atomic mass is 9.92. The van der Waals surface area contributed by atoms with E-state index < -0.39 is 77.4 Å². The number of benzene rings is 1. The van der Waals surface area contributed by atoms with E-state index in [9.17, 15) is 49.6 Å². The summed E-state index contributed by atoms with van der Waals surface area (Å²) in [5, 5.41) is 9.88. The molecule has 6 nitrogen and oxygen atoms in total. The van der Waals surface area contributed by atoms with Crippen molar-refractivity contribution in [2.45, 2.75) is 76.9 Å². The molecule has 0 bridgehead atoms. The molecule has 0 unspecified atom stereocenters. The third-order valence-electron chi connectivity index (χ3n) is 6.14. The van der Waals surface area contributed by atoms with Gasteiger partial charge in [0.25, 0.3) is 0 Å². The zero-order chi connectivity index (χ0) is 30.2. The summed E-state index contributed by atoms with van der Waals surface area (Å²) in [5.74, 6) is 0. The normalized spacial score (nSPS) is 17.9. The fourth-order valence-electron chi connectivity index (χ4n) is 4.40. The molecule has 40 heavy (non-hydrogen) atoms. The van der Waals surface area contributed by atoms with Gasteiger partial charge < -0.3 is 4.74 Å². The van der Waals surface area contributed by atoms with Crippen LogP contribution in [0.3, 0.4) is 0 Å². The Kier molecular flexibility index (Phi) is 8.52. The SMILES string of the molecule is CC[C@H]1C[C@@H](N(C#N)Cc2cc(C(F)(F)F)cc(C(F)(F)F)c2)c2nc(C(F)(F)F)ccc2N1C(=O)OC(C)C. The van der Waals surface area contributed by atoms with Crippen molar-refractivity contribution in [3.63, 3.8) is 0 Å². The van der Waals surface area contributed by atoms with Crippen LogP contribution >= 0.6 is 0 Å². The second-order valence-electron chi connectivity index (χ2n) is 9.36. The minimum atomic E-state index is -5.14. The molecule has 1 aromatic heterocycles. The number of alkyl halides is 9. The van der Waals surface area contributed by atoms with E-state index >= 15 is 0 Å². The standard InChI is InChI=1S/C25H23F9N4O2/c1-4-17-10-19(21-18(38(17)22(39)40-13(2)3)5-6-20(36-21)25(32,33)34)37(12-35)11-14-7-15(23(26,27)28)9-16(8-14)24(29,30)31/h5-9,13,17,19H,4,10-11H2,1-3H3/t17-,19+/m0/s1. The Labute approximate surface area is 222 Å². The maximum Gasteiger partial charge on any atom is 0.433 e. The minimum absolute atomic E-state index is 0.0708. The van der Waals surface area contributed by atoms with E-state index in [4.69, 9.17) is 4.74 Å². The Morgan fingerprint density at radius 1 is 1.05 bits per heavy atom. The summed E-state index contributed by atoms with van der Waals surface area (Å²) in [6.45, 7) is 3.95. The third-order valence-corrected chi connectivity index (χ3v) is 6.14. The van der Waals surface area contributed by atoms with Crippen molar-refractivity contribution in [2.24, 2.45) is 0 Å². The number of carbonyl (C=O) groups is 1. The molecule has 0 radical (unpaired) electrons. The molecular formula is C25H23F9N4O2. The zero-order valence-corrected chi connectivity index (χ0v) is 21.2. The highest BCUT2D eigenvalue weighted by molar-refractivity contribution is 5.90. The maximum absolute atomic E-state index is 13.5. The lowest BCUT2D eigenvalue weighted by molar-refractivity contribution is -0.143. The number of hydrogen-bond donors (Lipinski definition) is 0. The predicted octanol–water partition coefficient (Wildman–Crippen LogP) is 7.70. The number of rotatable bonds is 5. The molecule has 0 aliphatic carbocycles. The molecule has 0 fully saturated rings. The molecule has 0 saturated heterocycles. The molecule has 1 amide bonds. The van der Waals surface area contributed by atoms with E-state index in [1.807, 2.05) is 0 Å². The number of aromatic nitrogens is 1. The molecule has 0 saturated carbocycles. The molecule has 2 aromatic rings. The van der Waals surface area contributed by atoms with Crippen LogP contribution in [-0.2, 0) is 29.8 Å². The topological polar surface area (TPSA) is 69.5 Å². The molecule has 1 aliphatic rings. The third kappa shape index (κ3) is 6.71. The highest BCUT2D eigenvalue weighted by Gasteiger charge is 2.43. The monoisotopic (exact) mass is 582 g/mol. The highest BCUT2D eigenvalue weighted by Crippen LogP contribution is 2.43. The van der Waals surface area contributed by atoms with Crippen LogP contribution in [0.5, 0.6) is 0 Å². The van der Waals surface area contributed by atoms with Gasteiger partial charge in [-0.3, -0.25) is 9.80 Å². The zero-order valence-electron chi connectivity index (χ0n) is 21.2. The Hall–Kier alpha value is -3.70.